The highest BCUT2D eigenvalue weighted by Crippen LogP contribution is 2.15. The van der Waals surface area contributed by atoms with Gasteiger partial charge < -0.3 is 0 Å². The normalized spacial score (nSPS) is 12.1. The summed E-state index contributed by atoms with van der Waals surface area (Å²) >= 11 is 1.35. The van der Waals surface area contributed by atoms with Crippen molar-refractivity contribution >= 4 is 22.4 Å². The van der Waals surface area contributed by atoms with Gasteiger partial charge >= 0.3 is 0 Å². The number of hydrogen-bond donors (Lipinski definition) is 0. The third-order valence-corrected chi connectivity index (χ3v) is 4.55. The van der Waals surface area contributed by atoms with Gasteiger partial charge in [-0.25, -0.2) is 0 Å². The molecule has 0 fully saturated rings. The van der Waals surface area contributed by atoms with E-state index in [1.165, 1.54) is 15.9 Å². The van der Waals surface area contributed by atoms with Gasteiger partial charge in [0.05, 0.1) is 4.53 Å². The van der Waals surface area contributed by atoms with Crippen molar-refractivity contribution in [3.63, 3.8) is 0 Å². The second-order valence-corrected chi connectivity index (χ2v) is 6.15. The van der Waals surface area contributed by atoms with Gasteiger partial charge in [0.2, 0.25) is 4.96 Å². The Kier molecular flexibility index (Phi) is 3.24. The molecular weight excluding hydrogens is 308 g/mol. The van der Waals surface area contributed by atoms with Crippen LogP contribution in [-0.4, -0.2) is 19.6 Å². The lowest BCUT2D eigenvalue weighted by molar-refractivity contribution is 0.936. The molecule has 3 aromatic heterocycles. The van der Waals surface area contributed by atoms with E-state index >= 15 is 0 Å². The van der Waals surface area contributed by atoms with Gasteiger partial charge in [0, 0.05) is 18.0 Å². The van der Waals surface area contributed by atoms with Gasteiger partial charge in [-0.2, -0.15) is 9.50 Å². The molecule has 0 aliphatic carbocycles. The summed E-state index contributed by atoms with van der Waals surface area (Å²) in [7, 11) is 0. The van der Waals surface area contributed by atoms with Crippen LogP contribution in [-0.2, 0) is 0 Å². The fourth-order valence-corrected chi connectivity index (χ4v) is 3.25. The Morgan fingerprint density at radius 3 is 2.65 bits per heavy atom. The Morgan fingerprint density at radius 1 is 1.13 bits per heavy atom. The molecule has 0 bridgehead atoms. The first-order valence-corrected chi connectivity index (χ1v) is 7.91. The molecule has 23 heavy (non-hydrogen) atoms. The Hall–Kier alpha value is -2.86. The number of thiazole rings is 1. The minimum Gasteiger partial charge on any atom is -0.266 e. The van der Waals surface area contributed by atoms with Gasteiger partial charge in [-0.15, -0.1) is 5.10 Å². The Morgan fingerprint density at radius 2 is 1.91 bits per heavy atom. The van der Waals surface area contributed by atoms with E-state index in [-0.39, 0.29) is 5.56 Å². The molecule has 0 N–H and O–H groups in total. The van der Waals surface area contributed by atoms with Crippen LogP contribution < -0.4 is 10.1 Å². The van der Waals surface area contributed by atoms with Gasteiger partial charge in [-0.05, 0) is 36.3 Å². The van der Waals surface area contributed by atoms with Crippen molar-refractivity contribution in [2.45, 2.75) is 6.92 Å². The molecule has 5 nitrogen and oxygen atoms in total. The van der Waals surface area contributed by atoms with Crippen molar-refractivity contribution in [1.29, 1.82) is 0 Å². The van der Waals surface area contributed by atoms with Crippen molar-refractivity contribution in [3.8, 4) is 11.4 Å². The minimum absolute atomic E-state index is 0.138. The van der Waals surface area contributed by atoms with Crippen molar-refractivity contribution in [2.24, 2.45) is 0 Å². The second-order valence-electron chi connectivity index (χ2n) is 5.14. The van der Waals surface area contributed by atoms with E-state index in [1.54, 1.807) is 12.4 Å². The van der Waals surface area contributed by atoms with Crippen LogP contribution in [0.15, 0.2) is 53.6 Å². The number of hydrogen-bond acceptors (Lipinski definition) is 5. The highest BCUT2D eigenvalue weighted by molar-refractivity contribution is 7.15. The third-order valence-electron chi connectivity index (χ3n) is 3.60. The Labute approximate surface area is 135 Å². The largest absolute Gasteiger partial charge is 0.291 e. The van der Waals surface area contributed by atoms with Crippen molar-refractivity contribution < 1.29 is 0 Å². The lowest BCUT2D eigenvalue weighted by Gasteiger charge is -1.96. The Balaban J connectivity index is 1.86. The number of benzene rings is 1. The van der Waals surface area contributed by atoms with Crippen LogP contribution >= 0.6 is 11.3 Å². The summed E-state index contributed by atoms with van der Waals surface area (Å²) in [5.41, 5.74) is 2.87. The van der Waals surface area contributed by atoms with Gasteiger partial charge in [0.1, 0.15) is 0 Å². The molecule has 0 aliphatic rings. The van der Waals surface area contributed by atoms with Crippen LogP contribution in [0.5, 0.6) is 0 Å². The molecule has 0 atom stereocenters. The number of nitrogens with zero attached hydrogens (tertiary/aromatic N) is 4. The maximum Gasteiger partial charge on any atom is 0.291 e. The average molecular weight is 320 g/mol. The summed E-state index contributed by atoms with van der Waals surface area (Å²) in [5.74, 6) is 0.540. The fourth-order valence-electron chi connectivity index (χ4n) is 2.35. The van der Waals surface area contributed by atoms with E-state index in [0.717, 1.165) is 16.7 Å². The number of pyridine rings is 1. The summed E-state index contributed by atoms with van der Waals surface area (Å²) < 4.78 is 2.00. The van der Waals surface area contributed by atoms with E-state index in [9.17, 15) is 4.79 Å². The Bertz CT molecular complexity index is 1100. The van der Waals surface area contributed by atoms with Crippen molar-refractivity contribution in [2.75, 3.05) is 0 Å². The first-order valence-electron chi connectivity index (χ1n) is 7.10. The van der Waals surface area contributed by atoms with Gasteiger partial charge in [0.25, 0.3) is 5.56 Å². The zero-order valence-corrected chi connectivity index (χ0v) is 13.1. The molecule has 0 amide bonds. The first kappa shape index (κ1) is 13.8. The molecule has 0 saturated carbocycles. The van der Waals surface area contributed by atoms with Crippen LogP contribution in [0.25, 0.3) is 22.4 Å². The monoisotopic (exact) mass is 320 g/mol. The molecule has 0 spiro atoms. The maximum atomic E-state index is 12.5. The van der Waals surface area contributed by atoms with Crippen molar-refractivity contribution in [1.82, 2.24) is 19.6 Å². The molecular formula is C17H12N4OS. The van der Waals surface area contributed by atoms with Crippen molar-refractivity contribution in [3.05, 3.63) is 74.8 Å². The van der Waals surface area contributed by atoms with Gasteiger partial charge in [-0.1, -0.05) is 35.6 Å². The summed E-state index contributed by atoms with van der Waals surface area (Å²) in [4.78, 5) is 21.5. The molecule has 0 radical (unpaired) electrons. The second kappa shape index (κ2) is 5.40. The SMILES string of the molecule is Cc1ccccc1/C=c1\sc2nc(-c3ccncc3)nn2c1=O. The lowest BCUT2D eigenvalue weighted by atomic mass is 10.1. The highest BCUT2D eigenvalue weighted by Gasteiger charge is 2.11. The van der Waals surface area contributed by atoms with Gasteiger partial charge in [-0.3, -0.25) is 9.78 Å². The van der Waals surface area contributed by atoms with Crippen LogP contribution in [0, 0.1) is 6.92 Å². The molecule has 6 heteroatoms. The first-order chi connectivity index (χ1) is 11.2. The predicted molar refractivity (Wildman–Crippen MR) is 90.3 cm³/mol. The summed E-state index contributed by atoms with van der Waals surface area (Å²) in [6.07, 6.45) is 5.25. The minimum atomic E-state index is -0.138. The van der Waals surface area contributed by atoms with Gasteiger partial charge in [0.15, 0.2) is 5.82 Å². The van der Waals surface area contributed by atoms with Crippen LogP contribution in [0.4, 0.5) is 0 Å². The molecule has 0 unspecified atom stereocenters. The molecule has 3 heterocycles. The number of aryl methyl sites for hydroxylation is 1. The van der Waals surface area contributed by atoms with E-state index < -0.39 is 0 Å². The quantitative estimate of drug-likeness (QED) is 0.567. The molecule has 0 saturated heterocycles. The number of fused-ring (bicyclic) bond motifs is 1. The smallest absolute Gasteiger partial charge is 0.266 e. The lowest BCUT2D eigenvalue weighted by Crippen LogP contribution is -2.23. The van der Waals surface area contributed by atoms with Crippen LogP contribution in [0.2, 0.25) is 0 Å². The zero-order valence-electron chi connectivity index (χ0n) is 12.3. The average Bonchev–Trinajstić information content (AvgIpc) is 3.11. The summed E-state index contributed by atoms with van der Waals surface area (Å²) in [6.45, 7) is 2.02. The maximum absolute atomic E-state index is 12.5. The zero-order chi connectivity index (χ0) is 15.8. The molecule has 0 aliphatic heterocycles. The number of aromatic nitrogens is 4. The molecule has 1 aromatic carbocycles. The standard InChI is InChI=1S/C17H12N4OS/c1-11-4-2-3-5-13(11)10-14-16(22)21-17(23-14)19-15(20-21)12-6-8-18-9-7-12/h2-10H,1H3/b14-10-. The summed E-state index contributed by atoms with van der Waals surface area (Å²) in [5, 5.41) is 4.32. The van der Waals surface area contributed by atoms with E-state index in [2.05, 4.69) is 15.1 Å². The van der Waals surface area contributed by atoms with E-state index in [4.69, 9.17) is 0 Å². The highest BCUT2D eigenvalue weighted by atomic mass is 32.1. The van der Waals surface area contributed by atoms with Crippen LogP contribution in [0.3, 0.4) is 0 Å². The third kappa shape index (κ3) is 2.43. The predicted octanol–water partition coefficient (Wildman–Crippen LogP) is 2.07. The van der Waals surface area contributed by atoms with E-state index in [0.29, 0.717) is 15.3 Å². The molecule has 112 valence electrons. The topological polar surface area (TPSA) is 60.1 Å². The van der Waals surface area contributed by atoms with E-state index in [1.807, 2.05) is 49.4 Å². The summed E-state index contributed by atoms with van der Waals surface area (Å²) in [6, 6.07) is 11.6. The molecule has 4 aromatic rings. The van der Waals surface area contributed by atoms with Crippen LogP contribution in [0.1, 0.15) is 11.1 Å². The fraction of sp³-hybridized carbons (Fsp3) is 0.0588. The molecule has 4 rings (SSSR count). The number of rotatable bonds is 2.